The molecule has 0 spiro atoms. The van der Waals surface area contributed by atoms with E-state index in [2.05, 4.69) is 75.2 Å². The van der Waals surface area contributed by atoms with Crippen molar-refractivity contribution >= 4 is 90.3 Å². The molecule has 8 aromatic rings. The molecule has 0 aliphatic rings. The van der Waals surface area contributed by atoms with Gasteiger partial charge in [-0.05, 0) is 24.3 Å². The van der Waals surface area contributed by atoms with E-state index >= 15 is 0 Å². The minimum atomic E-state index is 0.987. The average Bonchev–Trinajstić information content (AvgIpc) is 3.53. The Hall–Kier alpha value is -3.54. The molecule has 31 heavy (non-hydrogen) atoms. The SMILES string of the molecule is c1ccc2c(c1)sc1ccc3sc4c(ccc5c6cnccc6c6nccn6c54)c3c12. The second-order valence-corrected chi connectivity index (χ2v) is 10.0. The predicted octanol–water partition coefficient (Wildman–Crippen LogP) is 7.77. The lowest BCUT2D eigenvalue weighted by Gasteiger charge is -2.09. The van der Waals surface area contributed by atoms with Crippen molar-refractivity contribution in [3.8, 4) is 0 Å². The molecule has 5 heteroatoms. The molecule has 8 rings (SSSR count). The quantitative estimate of drug-likeness (QED) is 0.230. The number of fused-ring (bicyclic) bond motifs is 14. The fourth-order valence-electron chi connectivity index (χ4n) is 5.08. The van der Waals surface area contributed by atoms with Crippen LogP contribution in [0.5, 0.6) is 0 Å². The highest BCUT2D eigenvalue weighted by atomic mass is 32.1. The van der Waals surface area contributed by atoms with Gasteiger partial charge in [0.15, 0.2) is 0 Å². The molecule has 0 radical (unpaired) electrons. The number of benzene rings is 3. The molecular weight excluding hydrogens is 418 g/mol. The summed E-state index contributed by atoms with van der Waals surface area (Å²) in [4.78, 5) is 9.09. The molecule has 0 aliphatic heterocycles. The Morgan fingerprint density at radius 3 is 2.45 bits per heavy atom. The molecule has 0 bridgehead atoms. The Morgan fingerprint density at radius 1 is 0.645 bits per heavy atom. The van der Waals surface area contributed by atoms with Crippen molar-refractivity contribution in [2.45, 2.75) is 0 Å². The minimum absolute atomic E-state index is 0.987. The Kier molecular flexibility index (Phi) is 2.91. The fourth-order valence-corrected chi connectivity index (χ4v) is 7.44. The first-order chi connectivity index (χ1) is 15.4. The number of hydrogen-bond donors (Lipinski definition) is 0. The summed E-state index contributed by atoms with van der Waals surface area (Å²) in [5, 5.41) is 8.94. The van der Waals surface area contributed by atoms with E-state index < -0.39 is 0 Å². The van der Waals surface area contributed by atoms with Crippen LogP contribution >= 0.6 is 22.7 Å². The molecule has 0 atom stereocenters. The maximum absolute atomic E-state index is 4.68. The topological polar surface area (TPSA) is 30.2 Å². The van der Waals surface area contributed by atoms with Crippen molar-refractivity contribution in [2.24, 2.45) is 0 Å². The molecular formula is C26H13N3S2. The van der Waals surface area contributed by atoms with E-state index in [-0.39, 0.29) is 0 Å². The van der Waals surface area contributed by atoms with Crippen LogP contribution in [0.1, 0.15) is 0 Å². The number of pyridine rings is 2. The largest absolute Gasteiger partial charge is 0.298 e. The Balaban J connectivity index is 1.69. The van der Waals surface area contributed by atoms with Crippen LogP contribution < -0.4 is 0 Å². The van der Waals surface area contributed by atoms with Crippen molar-refractivity contribution in [1.82, 2.24) is 14.4 Å². The number of aromatic nitrogens is 3. The van der Waals surface area contributed by atoms with Gasteiger partial charge in [-0.2, -0.15) is 0 Å². The third-order valence-electron chi connectivity index (χ3n) is 6.35. The molecule has 0 amide bonds. The van der Waals surface area contributed by atoms with Crippen molar-refractivity contribution in [3.05, 3.63) is 79.4 Å². The summed E-state index contributed by atoms with van der Waals surface area (Å²) in [6.45, 7) is 0. The van der Waals surface area contributed by atoms with Gasteiger partial charge in [0.25, 0.3) is 0 Å². The van der Waals surface area contributed by atoms with E-state index in [4.69, 9.17) is 0 Å². The van der Waals surface area contributed by atoms with Crippen LogP contribution in [0.3, 0.4) is 0 Å². The van der Waals surface area contributed by atoms with Gasteiger partial charge >= 0.3 is 0 Å². The van der Waals surface area contributed by atoms with Gasteiger partial charge in [-0.1, -0.05) is 30.3 Å². The summed E-state index contributed by atoms with van der Waals surface area (Å²) < 4.78 is 7.59. The number of imidazole rings is 1. The normalized spacial score (nSPS) is 12.5. The molecule has 0 unspecified atom stereocenters. The molecule has 0 fully saturated rings. The van der Waals surface area contributed by atoms with Crippen LogP contribution in [0.15, 0.2) is 79.4 Å². The smallest absolute Gasteiger partial charge is 0.145 e. The van der Waals surface area contributed by atoms with Crippen LogP contribution in [0, 0.1) is 0 Å². The molecule has 3 nitrogen and oxygen atoms in total. The zero-order valence-electron chi connectivity index (χ0n) is 16.2. The average molecular weight is 432 g/mol. The molecule has 144 valence electrons. The lowest BCUT2D eigenvalue weighted by atomic mass is 10.0. The fraction of sp³-hybridized carbons (Fsp3) is 0. The van der Waals surface area contributed by atoms with Gasteiger partial charge in [-0.3, -0.25) is 9.38 Å². The van der Waals surface area contributed by atoms with Crippen molar-refractivity contribution in [3.63, 3.8) is 0 Å². The molecule has 0 aliphatic carbocycles. The monoisotopic (exact) mass is 431 g/mol. The van der Waals surface area contributed by atoms with E-state index in [1.165, 1.54) is 51.2 Å². The minimum Gasteiger partial charge on any atom is -0.298 e. The zero-order chi connectivity index (χ0) is 20.1. The summed E-state index contributed by atoms with van der Waals surface area (Å²) in [7, 11) is 0. The standard InChI is InChI=1S/C26H13N3S2/c1-2-4-19-16(3-1)22-20(30-19)7-8-21-23(22)17-6-5-14-18-13-27-10-9-15(18)26-28-11-12-29(26)24(14)25(17)31-21/h1-13H. The first-order valence-corrected chi connectivity index (χ1v) is 11.8. The van der Waals surface area contributed by atoms with Crippen molar-refractivity contribution in [1.29, 1.82) is 0 Å². The van der Waals surface area contributed by atoms with E-state index in [0.717, 1.165) is 16.4 Å². The van der Waals surface area contributed by atoms with Gasteiger partial charge in [0.2, 0.25) is 0 Å². The van der Waals surface area contributed by atoms with E-state index in [1.54, 1.807) is 0 Å². The van der Waals surface area contributed by atoms with Gasteiger partial charge in [-0.15, -0.1) is 22.7 Å². The van der Waals surface area contributed by atoms with E-state index in [9.17, 15) is 0 Å². The molecule has 0 N–H and O–H groups in total. The van der Waals surface area contributed by atoms with Gasteiger partial charge in [0.1, 0.15) is 5.65 Å². The van der Waals surface area contributed by atoms with Crippen LogP contribution in [0.2, 0.25) is 0 Å². The predicted molar refractivity (Wildman–Crippen MR) is 134 cm³/mol. The molecule has 0 saturated heterocycles. The zero-order valence-corrected chi connectivity index (χ0v) is 17.8. The second kappa shape index (κ2) is 5.58. The lowest BCUT2D eigenvalue weighted by Crippen LogP contribution is -1.91. The van der Waals surface area contributed by atoms with Crippen LogP contribution in [0.25, 0.3) is 67.7 Å². The first kappa shape index (κ1) is 16.2. The van der Waals surface area contributed by atoms with Crippen molar-refractivity contribution in [2.75, 3.05) is 0 Å². The number of thiophene rings is 2. The molecule has 5 heterocycles. The van der Waals surface area contributed by atoms with Crippen LogP contribution in [-0.4, -0.2) is 14.4 Å². The molecule has 5 aromatic heterocycles. The highest BCUT2D eigenvalue weighted by Gasteiger charge is 2.18. The highest BCUT2D eigenvalue weighted by Crippen LogP contribution is 2.46. The van der Waals surface area contributed by atoms with Gasteiger partial charge in [-0.25, -0.2) is 4.98 Å². The Bertz CT molecular complexity index is 2010. The van der Waals surface area contributed by atoms with Gasteiger partial charge in [0, 0.05) is 76.6 Å². The second-order valence-electron chi connectivity index (χ2n) is 7.89. The van der Waals surface area contributed by atoms with E-state index in [1.807, 2.05) is 41.3 Å². The molecule has 0 saturated carbocycles. The van der Waals surface area contributed by atoms with Crippen molar-refractivity contribution < 1.29 is 0 Å². The molecule has 3 aromatic carbocycles. The van der Waals surface area contributed by atoms with Crippen LogP contribution in [-0.2, 0) is 0 Å². The summed E-state index contributed by atoms with van der Waals surface area (Å²) >= 11 is 3.76. The maximum Gasteiger partial charge on any atom is 0.145 e. The number of rotatable bonds is 0. The lowest BCUT2D eigenvalue weighted by molar-refractivity contribution is 1.28. The number of hydrogen-bond acceptors (Lipinski definition) is 4. The summed E-state index contributed by atoms with van der Waals surface area (Å²) in [5.74, 6) is 0. The Labute approximate surface area is 183 Å². The highest BCUT2D eigenvalue weighted by molar-refractivity contribution is 7.28. The summed E-state index contributed by atoms with van der Waals surface area (Å²) in [5.41, 5.74) is 2.21. The van der Waals surface area contributed by atoms with Crippen LogP contribution in [0.4, 0.5) is 0 Å². The third kappa shape index (κ3) is 1.93. The summed E-state index contributed by atoms with van der Waals surface area (Å²) in [6, 6.07) is 20.0. The third-order valence-corrected chi connectivity index (χ3v) is 8.67. The van der Waals surface area contributed by atoms with E-state index in [0.29, 0.717) is 0 Å². The number of nitrogens with zero attached hydrogens (tertiary/aromatic N) is 3. The van der Waals surface area contributed by atoms with Gasteiger partial charge < -0.3 is 0 Å². The Morgan fingerprint density at radius 2 is 1.48 bits per heavy atom. The first-order valence-electron chi connectivity index (χ1n) is 10.2. The maximum atomic E-state index is 4.68. The van der Waals surface area contributed by atoms with Gasteiger partial charge in [0.05, 0.1) is 10.2 Å². The summed E-state index contributed by atoms with van der Waals surface area (Å²) in [6.07, 6.45) is 7.79.